The Morgan fingerprint density at radius 3 is 2.57 bits per heavy atom. The molecule has 0 spiro atoms. The zero-order chi connectivity index (χ0) is 16.2. The number of nitrogens with one attached hydrogen (secondary N) is 1. The van der Waals surface area contributed by atoms with Crippen LogP contribution in [0.15, 0.2) is 23.1 Å². The maximum absolute atomic E-state index is 13.7. The molecule has 1 aromatic rings. The van der Waals surface area contributed by atoms with E-state index in [1.165, 1.54) is 19.2 Å². The summed E-state index contributed by atoms with van der Waals surface area (Å²) >= 11 is 0. The summed E-state index contributed by atoms with van der Waals surface area (Å²) in [7, 11) is -2.96. The molecule has 0 aliphatic carbocycles. The van der Waals surface area contributed by atoms with Crippen LogP contribution in [0.4, 0.5) is 10.1 Å². The lowest BCUT2D eigenvalue weighted by Crippen LogP contribution is -2.39. The number of hydrogen-bond donors (Lipinski definition) is 2. The minimum atomic E-state index is -4.16. The molecule has 1 rings (SSSR count). The molecule has 0 bridgehead atoms. The zero-order valence-corrected chi connectivity index (χ0v) is 13.1. The number of nitrogens with two attached hydrogens (primary N) is 1. The molecule has 1 aromatic carbocycles. The van der Waals surface area contributed by atoms with E-state index in [-0.39, 0.29) is 11.6 Å². The number of halogens is 1. The number of benzene rings is 1. The van der Waals surface area contributed by atoms with Crippen LogP contribution in [-0.4, -0.2) is 38.8 Å². The summed E-state index contributed by atoms with van der Waals surface area (Å²) in [5.41, 5.74) is 5.34. The SMILES string of the molecule is CC(C)CNC(=O)CN(C)S(=O)(=O)c1c(N)cccc1F. The van der Waals surface area contributed by atoms with Crippen LogP contribution in [0.1, 0.15) is 13.8 Å². The van der Waals surface area contributed by atoms with E-state index in [1.54, 1.807) is 0 Å². The number of amides is 1. The number of anilines is 1. The molecule has 0 saturated carbocycles. The zero-order valence-electron chi connectivity index (χ0n) is 12.3. The summed E-state index contributed by atoms with van der Waals surface area (Å²) in [6.07, 6.45) is 0. The Kier molecular flexibility index (Phi) is 5.68. The summed E-state index contributed by atoms with van der Waals surface area (Å²) in [5, 5.41) is 2.60. The summed E-state index contributed by atoms with van der Waals surface area (Å²) in [6.45, 7) is 3.87. The molecule has 3 N–H and O–H groups in total. The highest BCUT2D eigenvalue weighted by Crippen LogP contribution is 2.24. The number of likely N-dealkylation sites (N-methyl/N-ethyl adjacent to an activating group) is 1. The Bertz CT molecular complexity index is 597. The van der Waals surface area contributed by atoms with E-state index in [9.17, 15) is 17.6 Å². The maximum Gasteiger partial charge on any atom is 0.248 e. The first-order valence-electron chi connectivity index (χ1n) is 6.43. The molecule has 21 heavy (non-hydrogen) atoms. The smallest absolute Gasteiger partial charge is 0.248 e. The standard InChI is InChI=1S/C13H20FN3O3S/c1-9(2)7-16-12(18)8-17(3)21(19,20)13-10(14)5-4-6-11(13)15/h4-6,9H,7-8,15H2,1-3H3,(H,16,18). The van der Waals surface area contributed by atoms with Crippen LogP contribution >= 0.6 is 0 Å². The third-order valence-electron chi connectivity index (χ3n) is 2.74. The number of nitrogen functional groups attached to an aromatic ring is 1. The van der Waals surface area contributed by atoms with Crippen LogP contribution in [0.25, 0.3) is 0 Å². The van der Waals surface area contributed by atoms with Crippen molar-refractivity contribution < 1.29 is 17.6 Å². The maximum atomic E-state index is 13.7. The van der Waals surface area contributed by atoms with Gasteiger partial charge in [0.1, 0.15) is 10.7 Å². The van der Waals surface area contributed by atoms with Gasteiger partial charge in [0.25, 0.3) is 0 Å². The van der Waals surface area contributed by atoms with E-state index in [4.69, 9.17) is 5.73 Å². The van der Waals surface area contributed by atoms with Gasteiger partial charge in [0, 0.05) is 13.6 Å². The number of sulfonamides is 1. The lowest BCUT2D eigenvalue weighted by Gasteiger charge is -2.18. The first-order chi connectivity index (χ1) is 9.66. The summed E-state index contributed by atoms with van der Waals surface area (Å²) < 4.78 is 39.0. The molecular weight excluding hydrogens is 297 g/mol. The van der Waals surface area contributed by atoms with Crippen LogP contribution in [0.5, 0.6) is 0 Å². The average molecular weight is 317 g/mol. The van der Waals surface area contributed by atoms with Crippen molar-refractivity contribution >= 4 is 21.6 Å². The fourth-order valence-electron chi connectivity index (χ4n) is 1.61. The number of hydrogen-bond acceptors (Lipinski definition) is 4. The fraction of sp³-hybridized carbons (Fsp3) is 0.462. The van der Waals surface area contributed by atoms with Crippen LogP contribution in [0.3, 0.4) is 0 Å². The van der Waals surface area contributed by atoms with Gasteiger partial charge >= 0.3 is 0 Å². The Balaban J connectivity index is 2.90. The van der Waals surface area contributed by atoms with E-state index >= 15 is 0 Å². The molecule has 0 fully saturated rings. The summed E-state index contributed by atoms with van der Waals surface area (Å²) in [5.74, 6) is -1.15. The quantitative estimate of drug-likeness (QED) is 0.759. The van der Waals surface area contributed by atoms with Gasteiger partial charge in [-0.25, -0.2) is 12.8 Å². The molecule has 6 nitrogen and oxygen atoms in total. The Morgan fingerprint density at radius 1 is 1.43 bits per heavy atom. The van der Waals surface area contributed by atoms with Crippen molar-refractivity contribution in [3.63, 3.8) is 0 Å². The van der Waals surface area contributed by atoms with Gasteiger partial charge in [0.05, 0.1) is 12.2 Å². The molecule has 0 atom stereocenters. The predicted octanol–water partition coefficient (Wildman–Crippen LogP) is 0.801. The van der Waals surface area contributed by atoms with Gasteiger partial charge in [-0.2, -0.15) is 4.31 Å². The third-order valence-corrected chi connectivity index (χ3v) is 4.64. The average Bonchev–Trinajstić information content (AvgIpc) is 2.35. The van der Waals surface area contributed by atoms with E-state index < -0.39 is 33.2 Å². The molecule has 0 aromatic heterocycles. The number of carbonyl (C=O) groups excluding carboxylic acids is 1. The third kappa shape index (κ3) is 4.40. The molecule has 0 aliphatic rings. The topological polar surface area (TPSA) is 92.5 Å². The van der Waals surface area contributed by atoms with Crippen LogP contribution in [0.2, 0.25) is 0 Å². The van der Waals surface area contributed by atoms with Crippen LogP contribution < -0.4 is 11.1 Å². The summed E-state index contributed by atoms with van der Waals surface area (Å²) in [4.78, 5) is 11.1. The van der Waals surface area contributed by atoms with Crippen molar-refractivity contribution in [2.45, 2.75) is 18.7 Å². The van der Waals surface area contributed by atoms with Crippen molar-refractivity contribution in [3.05, 3.63) is 24.0 Å². The van der Waals surface area contributed by atoms with E-state index in [1.807, 2.05) is 13.8 Å². The molecular formula is C13H20FN3O3S. The van der Waals surface area contributed by atoms with Crippen molar-refractivity contribution in [1.29, 1.82) is 0 Å². The van der Waals surface area contributed by atoms with Crippen molar-refractivity contribution in [3.8, 4) is 0 Å². The lowest BCUT2D eigenvalue weighted by molar-refractivity contribution is -0.121. The van der Waals surface area contributed by atoms with Gasteiger partial charge in [-0.05, 0) is 18.1 Å². The molecule has 0 heterocycles. The second-order valence-electron chi connectivity index (χ2n) is 5.12. The molecule has 1 amide bonds. The monoisotopic (exact) mass is 317 g/mol. The second-order valence-corrected chi connectivity index (χ2v) is 7.10. The minimum Gasteiger partial charge on any atom is -0.398 e. The fourth-order valence-corrected chi connectivity index (χ4v) is 2.89. The van der Waals surface area contributed by atoms with Gasteiger partial charge < -0.3 is 11.1 Å². The highest BCUT2D eigenvalue weighted by molar-refractivity contribution is 7.89. The predicted molar refractivity (Wildman–Crippen MR) is 78.5 cm³/mol. The van der Waals surface area contributed by atoms with Crippen molar-refractivity contribution in [2.24, 2.45) is 5.92 Å². The summed E-state index contributed by atoms with van der Waals surface area (Å²) in [6, 6.07) is 3.62. The first-order valence-corrected chi connectivity index (χ1v) is 7.87. The molecule has 0 aliphatic heterocycles. The van der Waals surface area contributed by atoms with Gasteiger partial charge in [0.2, 0.25) is 15.9 Å². The Morgan fingerprint density at radius 2 is 2.05 bits per heavy atom. The minimum absolute atomic E-state index is 0.190. The highest BCUT2D eigenvalue weighted by atomic mass is 32.2. The van der Waals surface area contributed by atoms with Crippen molar-refractivity contribution in [1.82, 2.24) is 9.62 Å². The molecule has 8 heteroatoms. The Hall–Kier alpha value is -1.67. The van der Waals surface area contributed by atoms with Gasteiger partial charge in [-0.3, -0.25) is 4.79 Å². The molecule has 118 valence electrons. The van der Waals surface area contributed by atoms with Gasteiger partial charge in [-0.1, -0.05) is 19.9 Å². The number of carbonyl (C=O) groups is 1. The molecule has 0 saturated heterocycles. The Labute approximate surface area is 124 Å². The normalized spacial score (nSPS) is 11.9. The van der Waals surface area contributed by atoms with Crippen LogP contribution in [-0.2, 0) is 14.8 Å². The van der Waals surface area contributed by atoms with Crippen LogP contribution in [0, 0.1) is 11.7 Å². The van der Waals surface area contributed by atoms with E-state index in [0.29, 0.717) is 6.54 Å². The number of rotatable bonds is 6. The molecule has 0 unspecified atom stereocenters. The highest BCUT2D eigenvalue weighted by Gasteiger charge is 2.28. The molecule has 0 radical (unpaired) electrons. The van der Waals surface area contributed by atoms with Gasteiger partial charge in [-0.15, -0.1) is 0 Å². The number of nitrogens with zero attached hydrogens (tertiary/aromatic N) is 1. The first kappa shape index (κ1) is 17.4. The van der Waals surface area contributed by atoms with E-state index in [0.717, 1.165) is 10.4 Å². The van der Waals surface area contributed by atoms with Gasteiger partial charge in [0.15, 0.2) is 0 Å². The van der Waals surface area contributed by atoms with E-state index in [2.05, 4.69) is 5.32 Å². The largest absolute Gasteiger partial charge is 0.398 e. The van der Waals surface area contributed by atoms with Crippen molar-refractivity contribution in [2.75, 3.05) is 25.9 Å². The second kappa shape index (κ2) is 6.86. The lowest BCUT2D eigenvalue weighted by atomic mass is 10.2.